The van der Waals surface area contributed by atoms with Crippen LogP contribution in [0, 0.1) is 0 Å². The average Bonchev–Trinajstić information content (AvgIpc) is 3.32. The van der Waals surface area contributed by atoms with Crippen molar-refractivity contribution in [2.45, 2.75) is 5.92 Å². The van der Waals surface area contributed by atoms with Gasteiger partial charge in [-0.05, 0) is 42.0 Å². The fourth-order valence-electron chi connectivity index (χ4n) is 4.73. The molecule has 0 radical (unpaired) electrons. The van der Waals surface area contributed by atoms with Crippen LogP contribution in [-0.2, 0) is 0 Å². The first-order valence-electron chi connectivity index (χ1n) is 11.2. The van der Waals surface area contributed by atoms with Crippen molar-refractivity contribution in [1.82, 2.24) is 19.6 Å². The van der Waals surface area contributed by atoms with Crippen molar-refractivity contribution in [3.05, 3.63) is 115 Å². The van der Waals surface area contributed by atoms with Gasteiger partial charge in [0.2, 0.25) is 5.88 Å². The van der Waals surface area contributed by atoms with E-state index in [1.165, 1.54) is 0 Å². The van der Waals surface area contributed by atoms with E-state index >= 15 is 0 Å². The first-order chi connectivity index (χ1) is 18.0. The molecule has 7 nitrogen and oxygen atoms in total. The number of halogens is 3. The van der Waals surface area contributed by atoms with Crippen LogP contribution in [0.3, 0.4) is 0 Å². The van der Waals surface area contributed by atoms with Crippen molar-refractivity contribution in [1.29, 1.82) is 0 Å². The van der Waals surface area contributed by atoms with Crippen LogP contribution in [0.15, 0.2) is 86.7 Å². The van der Waals surface area contributed by atoms with Crippen molar-refractivity contribution >= 4 is 55.7 Å². The molecule has 0 bridgehead atoms. The van der Waals surface area contributed by atoms with Gasteiger partial charge in [-0.1, -0.05) is 69.5 Å². The molecule has 6 aromatic rings. The summed E-state index contributed by atoms with van der Waals surface area (Å²) in [5.41, 5.74) is 2.65. The van der Waals surface area contributed by atoms with Gasteiger partial charge in [-0.25, -0.2) is 19.3 Å². The summed E-state index contributed by atoms with van der Waals surface area (Å²) in [6.45, 7) is 0. The molecular weight excluding hydrogens is 579 g/mol. The van der Waals surface area contributed by atoms with Crippen LogP contribution in [0.25, 0.3) is 28.0 Å². The van der Waals surface area contributed by atoms with Crippen LogP contribution in [-0.4, -0.2) is 19.6 Å². The minimum atomic E-state index is -0.697. The molecule has 0 N–H and O–H groups in total. The number of hydrogen-bond acceptors (Lipinski definition) is 6. The Labute approximate surface area is 227 Å². The molecular formula is C27H13BrCl2N4O3. The van der Waals surface area contributed by atoms with Crippen LogP contribution in [0.2, 0.25) is 10.0 Å². The molecule has 1 aliphatic rings. The summed E-state index contributed by atoms with van der Waals surface area (Å²) in [5, 5.41) is 6.15. The van der Waals surface area contributed by atoms with Gasteiger partial charge < -0.3 is 9.15 Å². The SMILES string of the molecule is O=c1oc2ccccc2c2c1C(c1ccc(Cl)cc1Cl)c1c(ncn3nc(-c4ccccc4Br)nc13)O2. The van der Waals surface area contributed by atoms with E-state index in [0.717, 1.165) is 10.0 Å². The number of ether oxygens (including phenoxy) is 1. The number of nitrogens with zero attached hydrogens (tertiary/aromatic N) is 4. The number of rotatable bonds is 2. The minimum absolute atomic E-state index is 0.302. The van der Waals surface area contributed by atoms with Crippen LogP contribution >= 0.6 is 39.1 Å². The van der Waals surface area contributed by atoms with E-state index in [1.807, 2.05) is 36.4 Å². The molecule has 10 heteroatoms. The molecule has 1 atom stereocenters. The van der Waals surface area contributed by atoms with Gasteiger partial charge in [0.05, 0.1) is 22.4 Å². The van der Waals surface area contributed by atoms with Gasteiger partial charge in [-0.3, -0.25) is 0 Å². The third-order valence-corrected chi connectivity index (χ3v) is 7.60. The van der Waals surface area contributed by atoms with Crippen molar-refractivity contribution < 1.29 is 9.15 Å². The zero-order valence-corrected chi connectivity index (χ0v) is 21.8. The summed E-state index contributed by atoms with van der Waals surface area (Å²) >= 11 is 16.5. The maximum atomic E-state index is 13.5. The van der Waals surface area contributed by atoms with Crippen molar-refractivity contribution in [2.24, 2.45) is 0 Å². The summed E-state index contributed by atoms with van der Waals surface area (Å²) in [5.74, 6) is 0.465. The highest BCUT2D eigenvalue weighted by atomic mass is 79.9. The highest BCUT2D eigenvalue weighted by Crippen LogP contribution is 2.50. The zero-order chi connectivity index (χ0) is 25.3. The van der Waals surface area contributed by atoms with E-state index < -0.39 is 11.5 Å². The molecule has 0 aliphatic carbocycles. The van der Waals surface area contributed by atoms with Gasteiger partial charge in [0.25, 0.3) is 0 Å². The Morgan fingerprint density at radius 2 is 1.78 bits per heavy atom. The lowest BCUT2D eigenvalue weighted by molar-refractivity contribution is 0.422. The molecule has 0 spiro atoms. The van der Waals surface area contributed by atoms with Crippen LogP contribution in [0.5, 0.6) is 11.6 Å². The van der Waals surface area contributed by atoms with Crippen LogP contribution in [0.1, 0.15) is 22.6 Å². The van der Waals surface area contributed by atoms with E-state index in [0.29, 0.717) is 60.8 Å². The number of hydrogen-bond donors (Lipinski definition) is 0. The highest BCUT2D eigenvalue weighted by molar-refractivity contribution is 9.10. The maximum Gasteiger partial charge on any atom is 0.344 e. The van der Waals surface area contributed by atoms with E-state index in [4.69, 9.17) is 37.3 Å². The standard InChI is InChI=1S/C27H13BrCl2N4O3/c28-17-7-3-1-5-14(17)24-32-25-22-20(15-10-9-13(29)11-18(15)30)21-23(37-26(22)31-12-34(25)33-24)16-6-2-4-8-19(16)36-27(21)35/h1-12,20H. The molecule has 3 aromatic carbocycles. The predicted molar refractivity (Wildman–Crippen MR) is 144 cm³/mol. The molecule has 0 fully saturated rings. The van der Waals surface area contributed by atoms with Gasteiger partial charge >= 0.3 is 5.63 Å². The van der Waals surface area contributed by atoms with Gasteiger partial charge in [-0.15, -0.1) is 5.10 Å². The summed E-state index contributed by atoms with van der Waals surface area (Å²) in [6.07, 6.45) is 1.54. The Bertz CT molecular complexity index is 1950. The van der Waals surface area contributed by atoms with Gasteiger partial charge in [0.1, 0.15) is 11.9 Å². The largest absolute Gasteiger partial charge is 0.437 e. The summed E-state index contributed by atoms with van der Waals surface area (Å²) in [7, 11) is 0. The Hall–Kier alpha value is -3.72. The lowest BCUT2D eigenvalue weighted by Gasteiger charge is -2.27. The van der Waals surface area contributed by atoms with Crippen molar-refractivity contribution in [2.75, 3.05) is 0 Å². The Morgan fingerprint density at radius 1 is 0.973 bits per heavy atom. The lowest BCUT2D eigenvalue weighted by Crippen LogP contribution is -2.22. The molecule has 1 aliphatic heterocycles. The van der Waals surface area contributed by atoms with E-state index in [2.05, 4.69) is 26.0 Å². The second kappa shape index (κ2) is 8.41. The van der Waals surface area contributed by atoms with Crippen LogP contribution < -0.4 is 10.4 Å². The fourth-order valence-corrected chi connectivity index (χ4v) is 5.71. The molecule has 7 rings (SSSR count). The first kappa shape index (κ1) is 22.5. The number of fused-ring (bicyclic) bond motifs is 6. The monoisotopic (exact) mass is 590 g/mol. The maximum absolute atomic E-state index is 13.5. The first-order valence-corrected chi connectivity index (χ1v) is 12.7. The molecule has 3 aromatic heterocycles. The van der Waals surface area contributed by atoms with E-state index in [9.17, 15) is 4.79 Å². The predicted octanol–water partition coefficient (Wildman–Crippen LogP) is 7.25. The lowest BCUT2D eigenvalue weighted by atomic mass is 9.84. The summed E-state index contributed by atoms with van der Waals surface area (Å²) in [6, 6.07) is 20.0. The number of benzene rings is 3. The van der Waals surface area contributed by atoms with Gasteiger partial charge in [0, 0.05) is 20.1 Å². The van der Waals surface area contributed by atoms with Crippen molar-refractivity contribution in [3.63, 3.8) is 0 Å². The molecule has 180 valence electrons. The number of para-hydroxylation sites is 1. The third kappa shape index (κ3) is 3.48. The molecule has 1 unspecified atom stereocenters. The topological polar surface area (TPSA) is 82.5 Å². The third-order valence-electron chi connectivity index (χ3n) is 6.35. The molecule has 0 amide bonds. The van der Waals surface area contributed by atoms with Crippen LogP contribution in [0.4, 0.5) is 0 Å². The minimum Gasteiger partial charge on any atom is -0.437 e. The highest BCUT2D eigenvalue weighted by Gasteiger charge is 2.38. The normalized spacial score (nSPS) is 14.4. The number of aromatic nitrogens is 4. The van der Waals surface area contributed by atoms with Crippen molar-refractivity contribution in [3.8, 4) is 23.0 Å². The zero-order valence-electron chi connectivity index (χ0n) is 18.7. The fraction of sp³-hybridized carbons (Fsp3) is 0.0370. The summed E-state index contributed by atoms with van der Waals surface area (Å²) < 4.78 is 14.4. The van der Waals surface area contributed by atoms with Gasteiger partial charge in [-0.2, -0.15) is 0 Å². The Morgan fingerprint density at radius 3 is 2.62 bits per heavy atom. The molecule has 37 heavy (non-hydrogen) atoms. The smallest absolute Gasteiger partial charge is 0.344 e. The average molecular weight is 592 g/mol. The molecule has 4 heterocycles. The Balaban J connectivity index is 1.57. The second-order valence-electron chi connectivity index (χ2n) is 8.48. The Kier molecular flexibility index (Phi) is 5.11. The van der Waals surface area contributed by atoms with E-state index in [-0.39, 0.29) is 0 Å². The van der Waals surface area contributed by atoms with Gasteiger partial charge in [0.15, 0.2) is 17.2 Å². The van der Waals surface area contributed by atoms with E-state index in [1.54, 1.807) is 41.2 Å². The molecule has 0 saturated carbocycles. The quantitative estimate of drug-likeness (QED) is 0.197. The second-order valence-corrected chi connectivity index (χ2v) is 10.2. The molecule has 0 saturated heterocycles. The summed E-state index contributed by atoms with van der Waals surface area (Å²) in [4.78, 5) is 22.9.